The second-order valence-corrected chi connectivity index (χ2v) is 22.4. The lowest BCUT2D eigenvalue weighted by molar-refractivity contribution is -0.870. The summed E-state index contributed by atoms with van der Waals surface area (Å²) in [6.07, 6.45) is 61.7. The summed E-state index contributed by atoms with van der Waals surface area (Å²) in [7, 11) is 1.27. The zero-order valence-corrected chi connectivity index (χ0v) is 45.6. The molecule has 3 atom stereocenters. The number of aliphatic hydroxyl groups is 1. The van der Waals surface area contributed by atoms with E-state index in [2.05, 4.69) is 31.3 Å². The van der Waals surface area contributed by atoms with Gasteiger partial charge in [0.1, 0.15) is 13.2 Å². The molecule has 0 aliphatic carbocycles. The zero-order chi connectivity index (χ0) is 48.5. The van der Waals surface area contributed by atoms with E-state index in [1.807, 2.05) is 27.2 Å². The van der Waals surface area contributed by atoms with Gasteiger partial charge in [-0.1, -0.05) is 256 Å². The number of allylic oxidation sites excluding steroid dienone is 3. The first-order chi connectivity index (χ1) is 32.0. The Morgan fingerprint density at radius 2 is 0.833 bits per heavy atom. The predicted octanol–water partition coefficient (Wildman–Crippen LogP) is 16.6. The van der Waals surface area contributed by atoms with E-state index < -0.39 is 20.0 Å². The number of phosphoric acid groups is 1. The molecule has 0 aliphatic heterocycles. The minimum atomic E-state index is -4.58. The molecular weight excluding hydrogens is 840 g/mol. The Morgan fingerprint density at radius 3 is 1.18 bits per heavy atom. The quantitative estimate of drug-likeness (QED) is 0.0272. The maximum Gasteiger partial charge on any atom is 0.268 e. The molecule has 0 aromatic rings. The molecule has 2 N–H and O–H groups in total. The summed E-state index contributed by atoms with van der Waals surface area (Å²) in [6.45, 7) is 4.61. The molecule has 0 aromatic heterocycles. The van der Waals surface area contributed by atoms with Crippen molar-refractivity contribution in [1.82, 2.24) is 5.32 Å². The number of rotatable bonds is 53. The average Bonchev–Trinajstić information content (AvgIpc) is 3.28. The molecule has 1 amide bonds. The third-order valence-electron chi connectivity index (χ3n) is 13.2. The van der Waals surface area contributed by atoms with E-state index in [-0.39, 0.29) is 19.1 Å². The number of aliphatic hydroxyl groups excluding tert-OH is 1. The maximum absolute atomic E-state index is 12.8. The fourth-order valence-electron chi connectivity index (χ4n) is 8.62. The van der Waals surface area contributed by atoms with Crippen molar-refractivity contribution in [3.8, 4) is 0 Å². The minimum absolute atomic E-state index is 0.000800. The zero-order valence-electron chi connectivity index (χ0n) is 44.7. The number of nitrogens with one attached hydrogen (secondary N) is 1. The maximum atomic E-state index is 12.8. The van der Waals surface area contributed by atoms with Crippen LogP contribution in [-0.4, -0.2) is 68.5 Å². The van der Waals surface area contributed by atoms with Crippen LogP contribution in [0.3, 0.4) is 0 Å². The highest BCUT2D eigenvalue weighted by Gasteiger charge is 2.23. The molecule has 0 saturated heterocycles. The van der Waals surface area contributed by atoms with Gasteiger partial charge in [0.25, 0.3) is 7.82 Å². The minimum Gasteiger partial charge on any atom is -0.756 e. The number of carbonyl (C=O) groups excluding carboxylic acids is 1. The van der Waals surface area contributed by atoms with E-state index in [1.54, 1.807) is 6.08 Å². The molecule has 0 fully saturated rings. The first-order valence-electron chi connectivity index (χ1n) is 28.7. The van der Waals surface area contributed by atoms with Crippen molar-refractivity contribution in [2.75, 3.05) is 40.9 Å². The SMILES string of the molecule is CCCCCCC/C=C/C(O)C(COP(=O)([O-])OCC[N+](C)(C)C)NC(=O)CCCCCCCCCCCCCCCCCCCCCCCCCCC/C=C\CCCCCCCCCC. The molecule has 0 spiro atoms. The summed E-state index contributed by atoms with van der Waals surface area (Å²) in [5.74, 6) is -0.197. The lowest BCUT2D eigenvalue weighted by Crippen LogP contribution is -2.45. The molecule has 0 heterocycles. The van der Waals surface area contributed by atoms with Gasteiger partial charge in [0.2, 0.25) is 5.91 Å². The first-order valence-corrected chi connectivity index (χ1v) is 30.2. The number of unbranched alkanes of at least 4 members (excludes halogenated alkanes) is 38. The summed E-state index contributed by atoms with van der Waals surface area (Å²) in [6, 6.07) is -0.880. The van der Waals surface area contributed by atoms with Crippen molar-refractivity contribution in [1.29, 1.82) is 0 Å². The number of likely N-dealkylation sites (N-methyl/N-ethyl adjacent to an activating group) is 1. The highest BCUT2D eigenvalue weighted by atomic mass is 31.2. The Bertz CT molecular complexity index is 1130. The molecular formula is C57H113N2O6P. The molecule has 0 saturated carbocycles. The Morgan fingerprint density at radius 1 is 0.515 bits per heavy atom. The van der Waals surface area contributed by atoms with E-state index in [9.17, 15) is 19.4 Å². The Labute approximate surface area is 411 Å². The molecule has 0 bridgehead atoms. The van der Waals surface area contributed by atoms with Crippen LogP contribution in [0.5, 0.6) is 0 Å². The van der Waals surface area contributed by atoms with Gasteiger partial charge < -0.3 is 28.8 Å². The standard InChI is InChI=1S/C57H113N2O6P/c1-6-8-10-12-14-15-16-17-18-19-20-21-22-23-24-25-26-27-28-29-30-31-32-33-34-35-36-37-38-39-40-41-42-43-45-47-49-51-57(61)58-55(56(60)50-48-46-44-13-11-9-7-2)54-65-66(62,63)64-53-52-59(3,4)5/h19-20,48,50,55-56,60H,6-18,21-47,49,51-54H2,1-5H3,(H-,58,61,62,63)/b20-19-,50-48+. The fraction of sp³-hybridized carbons (Fsp3) is 0.912. The van der Waals surface area contributed by atoms with Gasteiger partial charge in [-0.05, 0) is 44.9 Å². The van der Waals surface area contributed by atoms with Gasteiger partial charge in [0, 0.05) is 6.42 Å². The monoisotopic (exact) mass is 953 g/mol. The summed E-state index contributed by atoms with van der Waals surface area (Å²) >= 11 is 0. The number of carbonyl (C=O) groups is 1. The van der Waals surface area contributed by atoms with Gasteiger partial charge in [0.05, 0.1) is 39.9 Å². The number of phosphoric ester groups is 1. The summed E-state index contributed by atoms with van der Waals surface area (Å²) in [4.78, 5) is 25.3. The molecule has 0 rings (SSSR count). The van der Waals surface area contributed by atoms with Crippen LogP contribution >= 0.6 is 7.82 Å². The van der Waals surface area contributed by atoms with Crippen LogP contribution in [0.1, 0.15) is 284 Å². The summed E-state index contributed by atoms with van der Waals surface area (Å²) in [5.41, 5.74) is 0. The molecule has 0 aromatic carbocycles. The lowest BCUT2D eigenvalue weighted by atomic mass is 10.0. The van der Waals surface area contributed by atoms with E-state index >= 15 is 0 Å². The topological polar surface area (TPSA) is 108 Å². The third kappa shape index (κ3) is 50.8. The van der Waals surface area contributed by atoms with Gasteiger partial charge in [-0.2, -0.15) is 0 Å². The van der Waals surface area contributed by atoms with E-state index in [0.29, 0.717) is 17.4 Å². The molecule has 9 heteroatoms. The molecule has 8 nitrogen and oxygen atoms in total. The van der Waals surface area contributed by atoms with E-state index in [1.165, 1.54) is 225 Å². The van der Waals surface area contributed by atoms with Crippen LogP contribution in [0.2, 0.25) is 0 Å². The predicted molar refractivity (Wildman–Crippen MR) is 284 cm³/mol. The molecule has 66 heavy (non-hydrogen) atoms. The second-order valence-electron chi connectivity index (χ2n) is 21.0. The number of amides is 1. The highest BCUT2D eigenvalue weighted by Crippen LogP contribution is 2.38. The van der Waals surface area contributed by atoms with E-state index in [0.717, 1.165) is 38.5 Å². The molecule has 0 aliphatic rings. The normalized spacial score (nSPS) is 14.1. The van der Waals surface area contributed by atoms with Crippen molar-refractivity contribution in [3.05, 3.63) is 24.3 Å². The molecule has 0 radical (unpaired) electrons. The Balaban J connectivity index is 3.75. The van der Waals surface area contributed by atoms with Gasteiger partial charge >= 0.3 is 0 Å². The van der Waals surface area contributed by atoms with Crippen molar-refractivity contribution in [2.24, 2.45) is 0 Å². The second kappa shape index (κ2) is 49.0. The van der Waals surface area contributed by atoms with Gasteiger partial charge in [-0.3, -0.25) is 9.36 Å². The Hall–Kier alpha value is -1.02. The summed E-state index contributed by atoms with van der Waals surface area (Å²) in [5, 5.41) is 13.7. The molecule has 3 unspecified atom stereocenters. The first kappa shape index (κ1) is 65.0. The lowest BCUT2D eigenvalue weighted by Gasteiger charge is -2.29. The molecule has 392 valence electrons. The van der Waals surface area contributed by atoms with Crippen LogP contribution < -0.4 is 10.2 Å². The highest BCUT2D eigenvalue weighted by molar-refractivity contribution is 7.45. The Kier molecular flexibility index (Phi) is 48.2. The van der Waals surface area contributed by atoms with Crippen LogP contribution in [0, 0.1) is 0 Å². The smallest absolute Gasteiger partial charge is 0.268 e. The third-order valence-corrected chi connectivity index (χ3v) is 14.1. The summed E-state index contributed by atoms with van der Waals surface area (Å²) < 4.78 is 23.1. The number of nitrogens with zero attached hydrogens (tertiary/aromatic N) is 1. The van der Waals surface area contributed by atoms with Crippen LogP contribution in [0.25, 0.3) is 0 Å². The van der Waals surface area contributed by atoms with Crippen LogP contribution in [0.15, 0.2) is 24.3 Å². The number of hydrogen-bond acceptors (Lipinski definition) is 6. The number of hydrogen-bond donors (Lipinski definition) is 2. The van der Waals surface area contributed by atoms with Gasteiger partial charge in [0.15, 0.2) is 0 Å². The average molecular weight is 954 g/mol. The largest absolute Gasteiger partial charge is 0.756 e. The van der Waals surface area contributed by atoms with Crippen LogP contribution in [-0.2, 0) is 18.4 Å². The van der Waals surface area contributed by atoms with Crippen molar-refractivity contribution < 1.29 is 32.9 Å². The van der Waals surface area contributed by atoms with Crippen molar-refractivity contribution in [3.63, 3.8) is 0 Å². The van der Waals surface area contributed by atoms with Crippen molar-refractivity contribution in [2.45, 2.75) is 296 Å². The fourth-order valence-corrected chi connectivity index (χ4v) is 9.34. The van der Waals surface area contributed by atoms with Crippen molar-refractivity contribution >= 4 is 13.7 Å². The van der Waals surface area contributed by atoms with Crippen LogP contribution in [0.4, 0.5) is 0 Å². The number of quaternary nitrogens is 1. The van der Waals surface area contributed by atoms with E-state index in [4.69, 9.17) is 9.05 Å². The van der Waals surface area contributed by atoms with Gasteiger partial charge in [-0.15, -0.1) is 0 Å². The van der Waals surface area contributed by atoms with Gasteiger partial charge in [-0.25, -0.2) is 0 Å².